The molecule has 0 radical (unpaired) electrons. The van der Waals surface area contributed by atoms with Crippen LogP contribution in [-0.2, 0) is 0 Å². The molecule has 6 heteroatoms. The van der Waals surface area contributed by atoms with Crippen molar-refractivity contribution < 1.29 is 0 Å². The van der Waals surface area contributed by atoms with Gasteiger partial charge in [-0.3, -0.25) is 4.40 Å². The van der Waals surface area contributed by atoms with E-state index in [1.165, 1.54) is 16.8 Å². The number of aromatic nitrogens is 4. The second kappa shape index (κ2) is 6.15. The molecule has 0 amide bonds. The van der Waals surface area contributed by atoms with Crippen molar-refractivity contribution in [1.29, 1.82) is 0 Å². The summed E-state index contributed by atoms with van der Waals surface area (Å²) >= 11 is 0. The molecule has 0 saturated heterocycles. The van der Waals surface area contributed by atoms with Gasteiger partial charge in [-0.1, -0.05) is 36.4 Å². The molecule has 26 heavy (non-hydrogen) atoms. The quantitative estimate of drug-likeness (QED) is 0.593. The van der Waals surface area contributed by atoms with Gasteiger partial charge in [-0.25, -0.2) is 4.98 Å². The van der Waals surface area contributed by atoms with Crippen molar-refractivity contribution in [2.45, 2.75) is 6.42 Å². The maximum absolute atomic E-state index is 4.74. The van der Waals surface area contributed by atoms with Crippen LogP contribution in [0, 0.1) is 0 Å². The Balaban J connectivity index is 1.40. The van der Waals surface area contributed by atoms with Crippen molar-refractivity contribution in [3.05, 3.63) is 66.5 Å². The summed E-state index contributed by atoms with van der Waals surface area (Å²) in [7, 11) is 0. The highest BCUT2D eigenvalue weighted by Gasteiger charge is 2.13. The fraction of sp³-hybridized carbons (Fsp3) is 0.150. The highest BCUT2D eigenvalue weighted by atomic mass is 15.3. The number of para-hydroxylation sites is 3. The summed E-state index contributed by atoms with van der Waals surface area (Å²) in [6, 6.07) is 16.5. The molecule has 0 saturated carbocycles. The van der Waals surface area contributed by atoms with Crippen LogP contribution in [0.3, 0.4) is 0 Å². The summed E-state index contributed by atoms with van der Waals surface area (Å²) in [6.07, 6.45) is 4.91. The van der Waals surface area contributed by atoms with Gasteiger partial charge in [-0.15, -0.1) is 10.2 Å². The third-order valence-electron chi connectivity index (χ3n) is 4.73. The zero-order valence-electron chi connectivity index (χ0n) is 14.2. The summed E-state index contributed by atoms with van der Waals surface area (Å²) in [5.41, 5.74) is 6.52. The molecule has 0 spiro atoms. The summed E-state index contributed by atoms with van der Waals surface area (Å²) in [5.74, 6) is 0.768. The van der Waals surface area contributed by atoms with E-state index < -0.39 is 0 Å². The van der Waals surface area contributed by atoms with Crippen LogP contribution < -0.4 is 10.6 Å². The smallest absolute Gasteiger partial charge is 0.203 e. The third-order valence-corrected chi connectivity index (χ3v) is 4.73. The zero-order valence-corrected chi connectivity index (χ0v) is 14.2. The Labute approximate surface area is 150 Å². The summed E-state index contributed by atoms with van der Waals surface area (Å²) in [6.45, 7) is 1.66. The van der Waals surface area contributed by atoms with E-state index in [4.69, 9.17) is 4.98 Å². The maximum Gasteiger partial charge on any atom is 0.203 e. The minimum absolute atomic E-state index is 0.753. The molecule has 6 nitrogen and oxygen atoms in total. The molecule has 0 fully saturated rings. The first-order chi connectivity index (χ1) is 12.9. The topological polar surface area (TPSA) is 67.1 Å². The Morgan fingerprint density at radius 2 is 1.96 bits per heavy atom. The van der Waals surface area contributed by atoms with Crippen molar-refractivity contribution >= 4 is 33.8 Å². The molecule has 4 aromatic rings. The van der Waals surface area contributed by atoms with Crippen molar-refractivity contribution in [2.24, 2.45) is 0 Å². The molecule has 1 aliphatic rings. The maximum atomic E-state index is 4.74. The van der Waals surface area contributed by atoms with Crippen molar-refractivity contribution in [3.8, 4) is 0 Å². The van der Waals surface area contributed by atoms with E-state index in [1.54, 1.807) is 6.33 Å². The van der Waals surface area contributed by atoms with Crippen LogP contribution in [0.15, 0.2) is 60.9 Å². The average Bonchev–Trinajstić information content (AvgIpc) is 3.19. The van der Waals surface area contributed by atoms with Crippen LogP contribution in [0.25, 0.3) is 22.3 Å². The Bertz CT molecular complexity index is 1130. The molecule has 128 valence electrons. The molecule has 0 bridgehead atoms. The van der Waals surface area contributed by atoms with Gasteiger partial charge in [0.1, 0.15) is 6.33 Å². The van der Waals surface area contributed by atoms with Crippen LogP contribution >= 0.6 is 0 Å². The lowest BCUT2D eigenvalue weighted by Gasteiger charge is -2.19. The van der Waals surface area contributed by atoms with Crippen molar-refractivity contribution in [2.75, 3.05) is 23.7 Å². The molecule has 2 aromatic heterocycles. The summed E-state index contributed by atoms with van der Waals surface area (Å²) in [4.78, 5) is 4.74. The average molecular weight is 342 g/mol. The minimum atomic E-state index is 0.753. The van der Waals surface area contributed by atoms with Gasteiger partial charge >= 0.3 is 0 Å². The lowest BCUT2D eigenvalue weighted by atomic mass is 9.98. The number of rotatable bonds is 4. The van der Waals surface area contributed by atoms with Crippen LogP contribution in [-0.4, -0.2) is 32.7 Å². The lowest BCUT2D eigenvalue weighted by Crippen LogP contribution is -2.11. The van der Waals surface area contributed by atoms with E-state index >= 15 is 0 Å². The summed E-state index contributed by atoms with van der Waals surface area (Å²) < 4.78 is 1.98. The number of hydrogen-bond donors (Lipinski definition) is 2. The minimum Gasteiger partial charge on any atom is -0.381 e. The molecule has 1 aliphatic heterocycles. The van der Waals surface area contributed by atoms with Gasteiger partial charge in [0.15, 0.2) is 5.82 Å². The molecule has 0 atom stereocenters. The molecule has 5 rings (SSSR count). The molecule has 3 heterocycles. The normalized spacial score (nSPS) is 13.3. The predicted molar refractivity (Wildman–Crippen MR) is 104 cm³/mol. The Morgan fingerprint density at radius 3 is 2.96 bits per heavy atom. The second-order valence-electron chi connectivity index (χ2n) is 6.31. The predicted octanol–water partition coefficient (Wildman–Crippen LogP) is 3.59. The van der Waals surface area contributed by atoms with Crippen LogP contribution in [0.1, 0.15) is 12.0 Å². The highest BCUT2D eigenvalue weighted by Crippen LogP contribution is 2.29. The molecule has 0 unspecified atom stereocenters. The van der Waals surface area contributed by atoms with E-state index in [1.807, 2.05) is 28.7 Å². The molecule has 2 N–H and O–H groups in total. The van der Waals surface area contributed by atoms with Gasteiger partial charge in [0.25, 0.3) is 0 Å². The lowest BCUT2D eigenvalue weighted by molar-refractivity contribution is 1.05. The molecule has 2 aromatic carbocycles. The number of fused-ring (bicyclic) bond motifs is 4. The monoisotopic (exact) mass is 342 g/mol. The summed E-state index contributed by atoms with van der Waals surface area (Å²) in [5, 5.41) is 15.1. The zero-order chi connectivity index (χ0) is 17.3. The first kappa shape index (κ1) is 14.9. The SMILES string of the molecule is C1=C(CCNc2nc3ccccc3n3cnnc23)c2ccccc2NC1. The van der Waals surface area contributed by atoms with Gasteiger partial charge in [0.05, 0.1) is 11.0 Å². The highest BCUT2D eigenvalue weighted by molar-refractivity contribution is 5.83. The fourth-order valence-electron chi connectivity index (χ4n) is 3.49. The van der Waals surface area contributed by atoms with Crippen LogP contribution in [0.4, 0.5) is 11.5 Å². The Hall–Kier alpha value is -3.41. The van der Waals surface area contributed by atoms with Crippen molar-refractivity contribution in [1.82, 2.24) is 19.6 Å². The first-order valence-corrected chi connectivity index (χ1v) is 8.75. The van der Waals surface area contributed by atoms with E-state index in [0.29, 0.717) is 0 Å². The fourth-order valence-corrected chi connectivity index (χ4v) is 3.49. The van der Waals surface area contributed by atoms with E-state index in [-0.39, 0.29) is 0 Å². The van der Waals surface area contributed by atoms with Gasteiger partial charge in [0.2, 0.25) is 5.65 Å². The molecular weight excluding hydrogens is 324 g/mol. The van der Waals surface area contributed by atoms with Gasteiger partial charge in [0, 0.05) is 24.3 Å². The second-order valence-corrected chi connectivity index (χ2v) is 6.31. The third kappa shape index (κ3) is 2.47. The van der Waals surface area contributed by atoms with Crippen LogP contribution in [0.5, 0.6) is 0 Å². The van der Waals surface area contributed by atoms with Crippen molar-refractivity contribution in [3.63, 3.8) is 0 Å². The number of benzene rings is 2. The molecule has 0 aliphatic carbocycles. The Morgan fingerprint density at radius 1 is 1.08 bits per heavy atom. The van der Waals surface area contributed by atoms with E-state index in [2.05, 4.69) is 51.2 Å². The number of nitrogens with one attached hydrogen (secondary N) is 2. The van der Waals surface area contributed by atoms with E-state index in [0.717, 1.165) is 42.0 Å². The number of anilines is 2. The standard InChI is InChI=1S/C20H18N6/c1-2-6-16-15(5-1)14(9-11-21-16)10-12-22-19-20-25-23-13-26(20)18-8-4-3-7-17(18)24-19/h1-9,13,21H,10-12H2,(H,22,24). The van der Waals surface area contributed by atoms with Crippen LogP contribution in [0.2, 0.25) is 0 Å². The number of hydrogen-bond acceptors (Lipinski definition) is 5. The van der Waals surface area contributed by atoms with Gasteiger partial charge < -0.3 is 10.6 Å². The molecular formula is C20H18N6. The van der Waals surface area contributed by atoms with E-state index in [9.17, 15) is 0 Å². The largest absolute Gasteiger partial charge is 0.381 e. The van der Waals surface area contributed by atoms with Gasteiger partial charge in [-0.2, -0.15) is 0 Å². The van der Waals surface area contributed by atoms with Gasteiger partial charge in [-0.05, 0) is 30.2 Å². The first-order valence-electron chi connectivity index (χ1n) is 8.75. The number of nitrogens with zero attached hydrogens (tertiary/aromatic N) is 4. The Kier molecular flexibility index (Phi) is 3.52.